The maximum absolute atomic E-state index is 11.4. The van der Waals surface area contributed by atoms with E-state index in [1.807, 2.05) is 13.8 Å². The van der Waals surface area contributed by atoms with Gasteiger partial charge in [0.25, 0.3) is 0 Å². The molecular weight excluding hydrogens is 306 g/mol. The Morgan fingerprint density at radius 2 is 2.18 bits per heavy atom. The molecule has 0 amide bonds. The van der Waals surface area contributed by atoms with Crippen LogP contribution in [0.5, 0.6) is 5.75 Å². The number of ether oxygens (including phenoxy) is 2. The zero-order chi connectivity index (χ0) is 16.1. The number of nitrogens with zero attached hydrogens (tertiary/aromatic N) is 2. The second-order valence-corrected chi connectivity index (χ2v) is 5.31. The Labute approximate surface area is 133 Å². The van der Waals surface area contributed by atoms with Crippen LogP contribution in [0.3, 0.4) is 0 Å². The minimum Gasteiger partial charge on any atom is -0.489 e. The fourth-order valence-electron chi connectivity index (χ4n) is 1.84. The van der Waals surface area contributed by atoms with Crippen molar-refractivity contribution >= 4 is 17.6 Å². The number of halogens is 1. The maximum Gasteiger partial charge on any atom is 0.313 e. The van der Waals surface area contributed by atoms with E-state index in [1.54, 1.807) is 25.1 Å². The number of hydrogen-bond donors (Lipinski definition) is 1. The molecule has 7 heteroatoms. The van der Waals surface area contributed by atoms with E-state index in [0.29, 0.717) is 29.0 Å². The minimum atomic E-state index is -0.342. The fourth-order valence-corrected chi connectivity index (χ4v) is 2.00. The van der Waals surface area contributed by atoms with Crippen molar-refractivity contribution < 1.29 is 14.3 Å². The zero-order valence-corrected chi connectivity index (χ0v) is 13.5. The maximum atomic E-state index is 11.4. The Morgan fingerprint density at radius 3 is 2.86 bits per heavy atom. The van der Waals surface area contributed by atoms with Crippen molar-refractivity contribution in [2.75, 3.05) is 6.61 Å². The highest BCUT2D eigenvalue weighted by atomic mass is 35.5. The molecule has 0 bridgehead atoms. The number of rotatable bonds is 6. The van der Waals surface area contributed by atoms with Crippen molar-refractivity contribution in [1.82, 2.24) is 15.2 Å². The summed E-state index contributed by atoms with van der Waals surface area (Å²) < 4.78 is 10.5. The van der Waals surface area contributed by atoms with Gasteiger partial charge in [0.2, 0.25) is 0 Å². The highest BCUT2D eigenvalue weighted by Gasteiger charge is 2.13. The lowest BCUT2D eigenvalue weighted by atomic mass is 10.2. The molecule has 0 atom stereocenters. The molecule has 6 nitrogen and oxygen atoms in total. The van der Waals surface area contributed by atoms with Gasteiger partial charge in [0.1, 0.15) is 18.0 Å². The van der Waals surface area contributed by atoms with Gasteiger partial charge in [-0.1, -0.05) is 11.6 Å². The van der Waals surface area contributed by atoms with Crippen LogP contribution in [0.25, 0.3) is 11.4 Å². The number of carbonyl (C=O) groups excluding carboxylic acids is 1. The number of esters is 1. The molecule has 22 heavy (non-hydrogen) atoms. The first-order chi connectivity index (χ1) is 10.5. The number of aromatic nitrogens is 3. The highest BCUT2D eigenvalue weighted by molar-refractivity contribution is 6.32. The summed E-state index contributed by atoms with van der Waals surface area (Å²) >= 11 is 6.10. The minimum absolute atomic E-state index is 0.0132. The third-order valence-corrected chi connectivity index (χ3v) is 3.01. The van der Waals surface area contributed by atoms with Crippen molar-refractivity contribution in [2.24, 2.45) is 0 Å². The average Bonchev–Trinajstić information content (AvgIpc) is 2.89. The summed E-state index contributed by atoms with van der Waals surface area (Å²) in [6.07, 6.45) is 0.0725. The van der Waals surface area contributed by atoms with Gasteiger partial charge >= 0.3 is 5.97 Å². The summed E-state index contributed by atoms with van der Waals surface area (Å²) in [4.78, 5) is 15.7. The summed E-state index contributed by atoms with van der Waals surface area (Å²) in [5.41, 5.74) is 0.756. The normalized spacial score (nSPS) is 10.8. The van der Waals surface area contributed by atoms with Gasteiger partial charge in [-0.3, -0.25) is 9.89 Å². The van der Waals surface area contributed by atoms with Gasteiger partial charge in [-0.25, -0.2) is 4.98 Å². The van der Waals surface area contributed by atoms with Gasteiger partial charge in [-0.2, -0.15) is 5.10 Å². The monoisotopic (exact) mass is 323 g/mol. The summed E-state index contributed by atoms with van der Waals surface area (Å²) in [5, 5.41) is 7.37. The molecule has 2 rings (SSSR count). The number of hydrogen-bond acceptors (Lipinski definition) is 5. The SMILES string of the molecule is CCOC(=O)Cc1nc(-c2ccc(Cl)c(OC(C)C)c2)n[nH]1. The van der Waals surface area contributed by atoms with E-state index in [4.69, 9.17) is 21.1 Å². The first kappa shape index (κ1) is 16.3. The van der Waals surface area contributed by atoms with E-state index >= 15 is 0 Å². The van der Waals surface area contributed by atoms with E-state index in [1.165, 1.54) is 0 Å². The van der Waals surface area contributed by atoms with E-state index in [0.717, 1.165) is 5.56 Å². The van der Waals surface area contributed by atoms with E-state index in [2.05, 4.69) is 15.2 Å². The van der Waals surface area contributed by atoms with Gasteiger partial charge in [-0.15, -0.1) is 0 Å². The molecule has 0 fully saturated rings. The Kier molecular flexibility index (Phi) is 5.38. The van der Waals surface area contributed by atoms with Crippen LogP contribution in [0.1, 0.15) is 26.6 Å². The Hall–Kier alpha value is -2.08. The summed E-state index contributed by atoms with van der Waals surface area (Å²) in [6, 6.07) is 5.31. The van der Waals surface area contributed by atoms with Crippen molar-refractivity contribution in [3.8, 4) is 17.1 Å². The molecule has 1 N–H and O–H groups in total. The lowest BCUT2D eigenvalue weighted by Gasteiger charge is -2.11. The van der Waals surface area contributed by atoms with E-state index in [9.17, 15) is 4.79 Å². The van der Waals surface area contributed by atoms with Crippen LogP contribution in [0, 0.1) is 0 Å². The molecule has 118 valence electrons. The highest BCUT2D eigenvalue weighted by Crippen LogP contribution is 2.30. The first-order valence-corrected chi connectivity index (χ1v) is 7.41. The van der Waals surface area contributed by atoms with Crippen LogP contribution in [0.15, 0.2) is 18.2 Å². The van der Waals surface area contributed by atoms with Crippen molar-refractivity contribution in [1.29, 1.82) is 0 Å². The Morgan fingerprint density at radius 1 is 1.41 bits per heavy atom. The standard InChI is InChI=1S/C15H18ClN3O3/c1-4-21-14(20)8-13-17-15(19-18-13)10-5-6-11(16)12(7-10)22-9(2)3/h5-7,9H,4,8H2,1-3H3,(H,17,18,19). The molecule has 0 spiro atoms. The third-order valence-electron chi connectivity index (χ3n) is 2.70. The molecule has 0 unspecified atom stereocenters. The predicted octanol–water partition coefficient (Wildman–Crippen LogP) is 3.02. The number of benzene rings is 1. The van der Waals surface area contributed by atoms with Crippen LogP contribution < -0.4 is 4.74 Å². The van der Waals surface area contributed by atoms with Gasteiger partial charge in [0.15, 0.2) is 5.82 Å². The number of H-pyrrole nitrogens is 1. The van der Waals surface area contributed by atoms with Gasteiger partial charge in [0.05, 0.1) is 17.7 Å². The van der Waals surface area contributed by atoms with Crippen LogP contribution >= 0.6 is 11.6 Å². The predicted molar refractivity (Wildman–Crippen MR) is 82.9 cm³/mol. The smallest absolute Gasteiger partial charge is 0.313 e. The zero-order valence-electron chi connectivity index (χ0n) is 12.7. The molecule has 0 aliphatic heterocycles. The number of carbonyl (C=O) groups is 1. The Bertz CT molecular complexity index is 655. The van der Waals surface area contributed by atoms with Crippen molar-refractivity contribution in [3.63, 3.8) is 0 Å². The third kappa shape index (κ3) is 4.21. The van der Waals surface area contributed by atoms with E-state index in [-0.39, 0.29) is 18.5 Å². The molecule has 0 aliphatic carbocycles. The van der Waals surface area contributed by atoms with Crippen LogP contribution in [0.2, 0.25) is 5.02 Å². The van der Waals surface area contributed by atoms with Crippen molar-refractivity contribution in [3.05, 3.63) is 29.0 Å². The average molecular weight is 324 g/mol. The Balaban J connectivity index is 2.18. The second kappa shape index (κ2) is 7.26. The molecular formula is C15H18ClN3O3. The lowest BCUT2D eigenvalue weighted by Crippen LogP contribution is -2.08. The van der Waals surface area contributed by atoms with E-state index < -0.39 is 0 Å². The largest absolute Gasteiger partial charge is 0.489 e. The second-order valence-electron chi connectivity index (χ2n) is 4.90. The van der Waals surface area contributed by atoms with Crippen LogP contribution in [-0.4, -0.2) is 33.9 Å². The molecule has 0 radical (unpaired) electrons. The molecule has 0 saturated carbocycles. The molecule has 1 aromatic heterocycles. The lowest BCUT2D eigenvalue weighted by molar-refractivity contribution is -0.142. The fraction of sp³-hybridized carbons (Fsp3) is 0.400. The number of aromatic amines is 1. The van der Waals surface area contributed by atoms with Gasteiger partial charge in [-0.05, 0) is 39.0 Å². The summed E-state index contributed by atoms with van der Waals surface area (Å²) in [5.74, 6) is 1.16. The topological polar surface area (TPSA) is 77.1 Å². The van der Waals surface area contributed by atoms with Gasteiger partial charge in [0, 0.05) is 5.56 Å². The van der Waals surface area contributed by atoms with Crippen LogP contribution in [-0.2, 0) is 16.0 Å². The molecule has 1 heterocycles. The first-order valence-electron chi connectivity index (χ1n) is 7.03. The number of nitrogens with one attached hydrogen (secondary N) is 1. The van der Waals surface area contributed by atoms with Crippen molar-refractivity contribution in [2.45, 2.75) is 33.3 Å². The molecule has 1 aromatic carbocycles. The quantitative estimate of drug-likeness (QED) is 0.827. The molecule has 2 aromatic rings. The summed E-state index contributed by atoms with van der Waals surface area (Å²) in [7, 11) is 0. The molecule has 0 aliphatic rings. The van der Waals surface area contributed by atoms with Crippen LogP contribution in [0.4, 0.5) is 0 Å². The van der Waals surface area contributed by atoms with Gasteiger partial charge < -0.3 is 9.47 Å². The molecule has 0 saturated heterocycles. The summed E-state index contributed by atoms with van der Waals surface area (Å²) in [6.45, 7) is 5.95.